The molecule has 3 heteroatoms. The van der Waals surface area contributed by atoms with Gasteiger partial charge in [0.2, 0.25) is 0 Å². The lowest BCUT2D eigenvalue weighted by Gasteiger charge is -2.23. The predicted octanol–water partition coefficient (Wildman–Crippen LogP) is 5.46. The Balaban J connectivity index is 2.55. The highest BCUT2D eigenvalue weighted by Crippen LogP contribution is 2.22. The molecule has 20 heavy (non-hydrogen) atoms. The summed E-state index contributed by atoms with van der Waals surface area (Å²) >= 11 is 6.06. The molecule has 1 aromatic carbocycles. The fourth-order valence-corrected chi connectivity index (χ4v) is 2.01. The molecule has 0 aliphatic rings. The number of halogens is 1. The molecule has 0 N–H and O–H groups in total. The van der Waals surface area contributed by atoms with Gasteiger partial charge in [-0.3, -0.25) is 0 Å². The number of hydrogen-bond donors (Lipinski definition) is 0. The average molecular weight is 294 g/mol. The normalized spacial score (nSPS) is 14.4. The average Bonchev–Trinajstić information content (AvgIpc) is 2.40. The van der Waals surface area contributed by atoms with Crippen LogP contribution in [0.25, 0.3) is 0 Å². The Morgan fingerprint density at radius 3 is 2.70 bits per heavy atom. The van der Waals surface area contributed by atoms with Crippen LogP contribution in [0.5, 0.6) is 0 Å². The molecule has 0 bridgehead atoms. The van der Waals surface area contributed by atoms with Crippen molar-refractivity contribution in [1.82, 2.24) is 0 Å². The lowest BCUT2D eigenvalue weighted by molar-refractivity contribution is 0.00225. The summed E-state index contributed by atoms with van der Waals surface area (Å²) in [6.07, 6.45) is 6.65. The van der Waals surface area contributed by atoms with Gasteiger partial charge in [0.25, 0.3) is 0 Å². The quantitative estimate of drug-likeness (QED) is 0.354. The summed E-state index contributed by atoms with van der Waals surface area (Å²) in [7, 11) is 0. The highest BCUT2D eigenvalue weighted by Gasteiger charge is 2.21. The molecule has 0 saturated carbocycles. The zero-order valence-corrected chi connectivity index (χ0v) is 13.4. The molecular formula is C17H24ClNO. The minimum Gasteiger partial charge on any atom is -0.385 e. The first-order valence-corrected chi connectivity index (χ1v) is 7.44. The highest BCUT2D eigenvalue weighted by atomic mass is 35.5. The van der Waals surface area contributed by atoms with Gasteiger partial charge in [-0.05, 0) is 37.8 Å². The first kappa shape index (κ1) is 16.8. The van der Waals surface area contributed by atoms with Crippen LogP contribution in [0, 0.1) is 5.92 Å². The number of nitrogens with zero attached hydrogens (tertiary/aromatic N) is 1. The molecule has 2 nitrogen and oxygen atoms in total. The van der Waals surface area contributed by atoms with Gasteiger partial charge < -0.3 is 4.84 Å². The van der Waals surface area contributed by atoms with Crippen molar-refractivity contribution in [3.8, 4) is 0 Å². The Morgan fingerprint density at radius 1 is 1.40 bits per heavy atom. The molecule has 0 aliphatic heterocycles. The molecule has 0 aliphatic carbocycles. The van der Waals surface area contributed by atoms with Crippen molar-refractivity contribution >= 4 is 17.8 Å². The zero-order valence-electron chi connectivity index (χ0n) is 12.6. The topological polar surface area (TPSA) is 21.6 Å². The second kappa shape index (κ2) is 8.11. The molecule has 0 radical (unpaired) electrons. The molecule has 110 valence electrons. The van der Waals surface area contributed by atoms with Crippen LogP contribution < -0.4 is 0 Å². The summed E-state index contributed by atoms with van der Waals surface area (Å²) in [4.78, 5) is 5.61. The summed E-state index contributed by atoms with van der Waals surface area (Å²) in [6.45, 7) is 10.3. The van der Waals surface area contributed by atoms with E-state index in [4.69, 9.17) is 16.4 Å². The van der Waals surface area contributed by atoms with E-state index in [1.807, 2.05) is 37.3 Å². The summed E-state index contributed by atoms with van der Waals surface area (Å²) in [5.74, 6) is 0.704. The number of benzene rings is 1. The minimum absolute atomic E-state index is 0.424. The standard InChI is InChI=1S/C17H24ClNO/c1-5-17(4,12-8-9-14(2)3)20-19-13-15-10-6-7-11-16(15)18/h5-7,10-11,13-14H,1,8-9,12H2,2-4H3. The molecular weight excluding hydrogens is 270 g/mol. The maximum atomic E-state index is 6.06. The van der Waals surface area contributed by atoms with Gasteiger partial charge >= 0.3 is 0 Å². The third-order valence-corrected chi connectivity index (χ3v) is 3.59. The second-order valence-corrected chi connectivity index (χ2v) is 6.06. The Morgan fingerprint density at radius 2 is 2.10 bits per heavy atom. The fourth-order valence-electron chi connectivity index (χ4n) is 1.83. The molecule has 0 aromatic heterocycles. The van der Waals surface area contributed by atoms with E-state index in [0.717, 1.165) is 18.4 Å². The van der Waals surface area contributed by atoms with E-state index in [1.165, 1.54) is 6.42 Å². The van der Waals surface area contributed by atoms with Crippen LogP contribution >= 0.6 is 11.6 Å². The predicted molar refractivity (Wildman–Crippen MR) is 87.4 cm³/mol. The second-order valence-electron chi connectivity index (χ2n) is 5.65. The summed E-state index contributed by atoms with van der Waals surface area (Å²) < 4.78 is 0. The third-order valence-electron chi connectivity index (χ3n) is 3.24. The lowest BCUT2D eigenvalue weighted by Crippen LogP contribution is -2.23. The molecule has 1 atom stereocenters. The van der Waals surface area contributed by atoms with Crippen LogP contribution in [0.4, 0.5) is 0 Å². The van der Waals surface area contributed by atoms with Gasteiger partial charge in [0.15, 0.2) is 5.60 Å². The van der Waals surface area contributed by atoms with Crippen molar-refractivity contribution in [3.05, 3.63) is 47.5 Å². The molecule has 0 fully saturated rings. The van der Waals surface area contributed by atoms with Gasteiger partial charge in [-0.15, -0.1) is 0 Å². The monoisotopic (exact) mass is 293 g/mol. The fraction of sp³-hybridized carbons (Fsp3) is 0.471. The molecule has 1 unspecified atom stereocenters. The van der Waals surface area contributed by atoms with E-state index in [0.29, 0.717) is 10.9 Å². The smallest absolute Gasteiger partial charge is 0.152 e. The summed E-state index contributed by atoms with van der Waals surface area (Å²) in [6, 6.07) is 7.54. The van der Waals surface area contributed by atoms with Crippen molar-refractivity contribution < 1.29 is 4.84 Å². The SMILES string of the molecule is C=CC(C)(CCCC(C)C)ON=Cc1ccccc1Cl. The van der Waals surface area contributed by atoms with E-state index >= 15 is 0 Å². The van der Waals surface area contributed by atoms with E-state index in [-0.39, 0.29) is 0 Å². The highest BCUT2D eigenvalue weighted by molar-refractivity contribution is 6.33. The first-order valence-electron chi connectivity index (χ1n) is 7.06. The van der Waals surface area contributed by atoms with Gasteiger partial charge in [-0.2, -0.15) is 0 Å². The Hall–Kier alpha value is -1.28. The van der Waals surface area contributed by atoms with Gasteiger partial charge in [-0.1, -0.05) is 61.8 Å². The van der Waals surface area contributed by atoms with Gasteiger partial charge in [-0.25, -0.2) is 0 Å². The van der Waals surface area contributed by atoms with Gasteiger partial charge in [0.05, 0.1) is 6.21 Å². The molecule has 0 amide bonds. The summed E-state index contributed by atoms with van der Waals surface area (Å²) in [5, 5.41) is 4.73. The Kier molecular flexibility index (Phi) is 6.80. The van der Waals surface area contributed by atoms with Crippen LogP contribution in [0.15, 0.2) is 42.1 Å². The molecule has 1 aromatic rings. The molecule has 0 spiro atoms. The third kappa shape index (κ3) is 5.79. The largest absolute Gasteiger partial charge is 0.385 e. The van der Waals surface area contributed by atoms with Crippen molar-refractivity contribution in [1.29, 1.82) is 0 Å². The van der Waals surface area contributed by atoms with Crippen LogP contribution in [0.3, 0.4) is 0 Å². The van der Waals surface area contributed by atoms with E-state index < -0.39 is 5.60 Å². The maximum Gasteiger partial charge on any atom is 0.152 e. The number of rotatable bonds is 8. The first-order chi connectivity index (χ1) is 9.47. The van der Waals surface area contributed by atoms with E-state index in [2.05, 4.69) is 25.6 Å². The van der Waals surface area contributed by atoms with E-state index in [9.17, 15) is 0 Å². The van der Waals surface area contributed by atoms with Crippen LogP contribution in [-0.2, 0) is 4.84 Å². The minimum atomic E-state index is -0.424. The van der Waals surface area contributed by atoms with Crippen LogP contribution in [0.1, 0.15) is 45.6 Å². The maximum absolute atomic E-state index is 6.06. The Labute approximate surface area is 127 Å². The van der Waals surface area contributed by atoms with E-state index in [1.54, 1.807) is 6.21 Å². The Bertz CT molecular complexity index is 456. The van der Waals surface area contributed by atoms with Crippen molar-refractivity contribution in [2.45, 2.75) is 45.6 Å². The number of hydrogen-bond acceptors (Lipinski definition) is 2. The van der Waals surface area contributed by atoms with Crippen molar-refractivity contribution in [2.24, 2.45) is 11.1 Å². The zero-order chi connectivity index (χ0) is 15.0. The molecule has 1 rings (SSSR count). The van der Waals surface area contributed by atoms with Crippen LogP contribution in [-0.4, -0.2) is 11.8 Å². The van der Waals surface area contributed by atoms with Gasteiger partial charge in [0.1, 0.15) is 0 Å². The number of oxime groups is 1. The summed E-state index contributed by atoms with van der Waals surface area (Å²) in [5.41, 5.74) is 0.426. The molecule has 0 heterocycles. The van der Waals surface area contributed by atoms with Crippen molar-refractivity contribution in [3.63, 3.8) is 0 Å². The van der Waals surface area contributed by atoms with Gasteiger partial charge in [0, 0.05) is 10.6 Å². The molecule has 0 saturated heterocycles. The van der Waals surface area contributed by atoms with Crippen molar-refractivity contribution in [2.75, 3.05) is 0 Å². The lowest BCUT2D eigenvalue weighted by atomic mass is 9.96. The van der Waals surface area contributed by atoms with Crippen LogP contribution in [0.2, 0.25) is 5.02 Å².